The van der Waals surface area contributed by atoms with Gasteiger partial charge in [-0.15, -0.1) is 0 Å². The third kappa shape index (κ3) is 3.21. The zero-order chi connectivity index (χ0) is 17.1. The fourth-order valence-electron chi connectivity index (χ4n) is 5.08. The zero-order valence-electron chi connectivity index (χ0n) is 15.5. The number of hydrogen-bond donors (Lipinski definition) is 0. The highest BCUT2D eigenvalue weighted by Gasteiger charge is 2.59. The van der Waals surface area contributed by atoms with E-state index in [1.165, 1.54) is 0 Å². The fourth-order valence-corrected chi connectivity index (χ4v) is 19.2. The van der Waals surface area contributed by atoms with Crippen LogP contribution in [0.5, 0.6) is 0 Å². The minimum atomic E-state index is -0.306. The number of hydrogen-bond acceptors (Lipinski definition) is 2. The van der Waals surface area contributed by atoms with Gasteiger partial charge in [0.15, 0.2) is 0 Å². The number of carbonyl (C=O) groups is 2. The van der Waals surface area contributed by atoms with E-state index >= 15 is 0 Å². The lowest BCUT2D eigenvalue weighted by molar-refractivity contribution is -0.121. The summed E-state index contributed by atoms with van der Waals surface area (Å²) >= 11 is 0. The lowest BCUT2D eigenvalue weighted by Crippen LogP contribution is -2.46. The zero-order valence-corrected chi connectivity index (χ0v) is 17.3. The Balaban J connectivity index is 2.54. The molecule has 2 saturated heterocycles. The molecule has 126 valence electrons. The molecular formula is C18H32O2P2. The van der Waals surface area contributed by atoms with Gasteiger partial charge in [-0.3, -0.25) is 9.59 Å². The van der Waals surface area contributed by atoms with Crippen molar-refractivity contribution in [1.29, 1.82) is 0 Å². The second-order valence-corrected chi connectivity index (χ2v) is 18.1. The number of ketones is 2. The Labute approximate surface area is 138 Å². The van der Waals surface area contributed by atoms with Gasteiger partial charge in [-0.25, -0.2) is 0 Å². The molecule has 0 bridgehead atoms. The highest BCUT2D eigenvalue weighted by molar-refractivity contribution is 8.32. The van der Waals surface area contributed by atoms with Crippen LogP contribution in [0, 0.1) is 0 Å². The van der Waals surface area contributed by atoms with Gasteiger partial charge in [0.05, 0.1) is 0 Å². The van der Waals surface area contributed by atoms with Crippen LogP contribution in [0.25, 0.3) is 0 Å². The Bertz CT molecular complexity index is 417. The fraction of sp³-hybridized carbons (Fsp3) is 0.889. The standard InChI is InChI=1S/C18H32O2P2/c1-15(2)9-13(19)10-16(3,4)21(15)22-17(5,6)11-14(20)12-18(22,7)8/h9-12H2,1-8H3. The van der Waals surface area contributed by atoms with Crippen molar-refractivity contribution in [2.75, 3.05) is 0 Å². The first-order valence-electron chi connectivity index (χ1n) is 8.33. The molecule has 0 spiro atoms. The Morgan fingerprint density at radius 2 is 0.727 bits per heavy atom. The van der Waals surface area contributed by atoms with E-state index in [1.807, 2.05) is 0 Å². The van der Waals surface area contributed by atoms with Crippen molar-refractivity contribution in [2.45, 2.75) is 102 Å². The van der Waals surface area contributed by atoms with Gasteiger partial charge in [-0.05, 0) is 20.6 Å². The van der Waals surface area contributed by atoms with Gasteiger partial charge in [-0.2, -0.15) is 0 Å². The molecule has 2 aliphatic heterocycles. The topological polar surface area (TPSA) is 34.1 Å². The van der Waals surface area contributed by atoms with Crippen LogP contribution < -0.4 is 0 Å². The molecule has 22 heavy (non-hydrogen) atoms. The average Bonchev–Trinajstić information content (AvgIpc) is 2.16. The second-order valence-electron chi connectivity index (χ2n) is 9.66. The molecule has 0 unspecified atom stereocenters. The molecule has 2 rings (SSSR count). The molecule has 2 aliphatic rings. The maximum absolute atomic E-state index is 12.3. The van der Waals surface area contributed by atoms with Crippen molar-refractivity contribution in [3.8, 4) is 0 Å². The number of Topliss-reactive ketones (excluding diaryl/α,β-unsaturated/α-hetero) is 2. The molecule has 0 amide bonds. The molecule has 0 aliphatic carbocycles. The van der Waals surface area contributed by atoms with Crippen molar-refractivity contribution >= 4 is 26.8 Å². The molecule has 0 atom stereocenters. The third-order valence-electron chi connectivity index (χ3n) is 5.01. The molecule has 0 radical (unpaired) electrons. The van der Waals surface area contributed by atoms with E-state index < -0.39 is 0 Å². The van der Waals surface area contributed by atoms with Crippen molar-refractivity contribution in [1.82, 2.24) is 0 Å². The molecule has 2 heterocycles. The lowest BCUT2D eigenvalue weighted by atomic mass is 9.96. The summed E-state index contributed by atoms with van der Waals surface area (Å²) in [6.07, 6.45) is 2.89. The second kappa shape index (κ2) is 5.35. The minimum absolute atomic E-state index is 0.0921. The van der Waals surface area contributed by atoms with E-state index in [0.29, 0.717) is 11.6 Å². The largest absolute Gasteiger partial charge is 0.300 e. The van der Waals surface area contributed by atoms with Gasteiger partial charge in [0, 0.05) is 25.7 Å². The van der Waals surface area contributed by atoms with Crippen LogP contribution in [-0.2, 0) is 9.59 Å². The third-order valence-corrected chi connectivity index (χ3v) is 18.3. The minimum Gasteiger partial charge on any atom is -0.300 e. The Kier molecular flexibility index (Phi) is 4.51. The van der Waals surface area contributed by atoms with Gasteiger partial charge in [0.1, 0.15) is 11.6 Å². The van der Waals surface area contributed by atoms with Gasteiger partial charge < -0.3 is 0 Å². The van der Waals surface area contributed by atoms with E-state index in [1.54, 1.807) is 0 Å². The van der Waals surface area contributed by atoms with Crippen LogP contribution in [0.3, 0.4) is 0 Å². The van der Waals surface area contributed by atoms with Crippen molar-refractivity contribution < 1.29 is 9.59 Å². The number of carbonyl (C=O) groups excluding carboxylic acids is 2. The van der Waals surface area contributed by atoms with Gasteiger partial charge >= 0.3 is 0 Å². The molecule has 0 aromatic carbocycles. The molecule has 0 aromatic heterocycles. The molecule has 0 aromatic rings. The summed E-state index contributed by atoms with van der Waals surface area (Å²) in [4.78, 5) is 24.5. The van der Waals surface area contributed by atoms with E-state index in [9.17, 15) is 9.59 Å². The van der Waals surface area contributed by atoms with Crippen LogP contribution in [0.4, 0.5) is 0 Å². The normalized spacial score (nSPS) is 31.3. The predicted molar refractivity (Wildman–Crippen MR) is 98.6 cm³/mol. The highest BCUT2D eigenvalue weighted by atomic mass is 32.1. The summed E-state index contributed by atoms with van der Waals surface area (Å²) in [6.45, 7) is 18.5. The summed E-state index contributed by atoms with van der Waals surface area (Å²) in [5.41, 5.74) is 0. The van der Waals surface area contributed by atoms with Crippen molar-refractivity contribution in [3.05, 3.63) is 0 Å². The SMILES string of the molecule is CC1(C)CC(=O)CC(C)(C)P1P1C(C)(C)CC(=O)CC1(C)C. The maximum atomic E-state index is 12.3. The Hall–Kier alpha value is 0.200. The summed E-state index contributed by atoms with van der Waals surface area (Å²) in [6, 6.07) is 0. The van der Waals surface area contributed by atoms with Gasteiger partial charge in [0.25, 0.3) is 0 Å². The summed E-state index contributed by atoms with van der Waals surface area (Å²) < 4.78 is 0. The van der Waals surface area contributed by atoms with E-state index in [4.69, 9.17) is 0 Å². The lowest BCUT2D eigenvalue weighted by Gasteiger charge is -2.62. The smallest absolute Gasteiger partial charge is 0.134 e. The van der Waals surface area contributed by atoms with Crippen LogP contribution >= 0.6 is 15.2 Å². The number of rotatable bonds is 1. The average molecular weight is 342 g/mol. The van der Waals surface area contributed by atoms with Gasteiger partial charge in [0.2, 0.25) is 0 Å². The Morgan fingerprint density at radius 1 is 0.545 bits per heavy atom. The van der Waals surface area contributed by atoms with Crippen LogP contribution in [0.2, 0.25) is 0 Å². The van der Waals surface area contributed by atoms with E-state index in [2.05, 4.69) is 55.4 Å². The monoisotopic (exact) mass is 342 g/mol. The van der Waals surface area contributed by atoms with E-state index in [-0.39, 0.29) is 35.8 Å². The summed E-state index contributed by atoms with van der Waals surface area (Å²) in [5, 5.41) is 0.368. The summed E-state index contributed by atoms with van der Waals surface area (Å²) in [5.74, 6) is 0.847. The van der Waals surface area contributed by atoms with Crippen LogP contribution in [0.1, 0.15) is 81.1 Å². The first kappa shape index (κ1) is 18.5. The summed E-state index contributed by atoms with van der Waals surface area (Å²) in [7, 11) is -0.613. The molecular weight excluding hydrogens is 310 g/mol. The first-order chi connectivity index (χ1) is 9.69. The highest BCUT2D eigenvalue weighted by Crippen LogP contribution is 2.92. The molecule has 0 N–H and O–H groups in total. The quantitative estimate of drug-likeness (QED) is 0.572. The molecule has 2 fully saturated rings. The van der Waals surface area contributed by atoms with Crippen molar-refractivity contribution in [3.63, 3.8) is 0 Å². The van der Waals surface area contributed by atoms with Gasteiger partial charge in [-0.1, -0.05) is 70.6 Å². The first-order valence-corrected chi connectivity index (χ1v) is 11.7. The Morgan fingerprint density at radius 3 is 0.909 bits per heavy atom. The van der Waals surface area contributed by atoms with E-state index in [0.717, 1.165) is 25.7 Å². The predicted octanol–water partition coefficient (Wildman–Crippen LogP) is 5.71. The molecule has 0 saturated carbocycles. The van der Waals surface area contributed by atoms with Crippen molar-refractivity contribution in [2.24, 2.45) is 0 Å². The van der Waals surface area contributed by atoms with Crippen LogP contribution in [-0.4, -0.2) is 32.2 Å². The molecule has 2 nitrogen and oxygen atoms in total. The van der Waals surface area contributed by atoms with Crippen LogP contribution in [0.15, 0.2) is 0 Å². The maximum Gasteiger partial charge on any atom is 0.134 e. The molecule has 4 heteroatoms.